The van der Waals surface area contributed by atoms with Crippen LogP contribution in [-0.2, 0) is 34.0 Å². The molecular formula is C41H42ClN3O4. The number of hydrogen-bond acceptors (Lipinski definition) is 7. The maximum absolute atomic E-state index is 6.66. The van der Waals surface area contributed by atoms with Gasteiger partial charge in [-0.25, -0.2) is 0 Å². The Morgan fingerprint density at radius 1 is 0.592 bits per heavy atom. The van der Waals surface area contributed by atoms with Gasteiger partial charge in [-0.3, -0.25) is 9.97 Å². The molecule has 49 heavy (non-hydrogen) atoms. The Morgan fingerprint density at radius 3 is 1.82 bits per heavy atom. The predicted octanol–water partition coefficient (Wildman–Crippen LogP) is 8.05. The second kappa shape index (κ2) is 17.3. The van der Waals surface area contributed by atoms with Crippen molar-refractivity contribution in [3.05, 3.63) is 150 Å². The lowest BCUT2D eigenvalue weighted by molar-refractivity contribution is -0.0650. The van der Waals surface area contributed by atoms with Gasteiger partial charge in [-0.05, 0) is 58.7 Å². The lowest BCUT2D eigenvalue weighted by atomic mass is 9.85. The Kier molecular flexibility index (Phi) is 12.2. The number of aromatic nitrogens is 2. The molecule has 1 fully saturated rings. The van der Waals surface area contributed by atoms with Crippen LogP contribution >= 0.6 is 12.4 Å². The van der Waals surface area contributed by atoms with E-state index in [0.717, 1.165) is 58.2 Å². The summed E-state index contributed by atoms with van der Waals surface area (Å²) < 4.78 is 25.2. The minimum Gasteiger partial charge on any atom is -0.494 e. The molecular weight excluding hydrogens is 634 g/mol. The van der Waals surface area contributed by atoms with Crippen LogP contribution in [0.15, 0.2) is 128 Å². The summed E-state index contributed by atoms with van der Waals surface area (Å²) in [6.45, 7) is 4.32. The van der Waals surface area contributed by atoms with Crippen LogP contribution in [0.4, 0.5) is 0 Å². The number of ether oxygens (including phenoxy) is 4. The number of fused-ring (bicyclic) bond motifs is 2. The molecule has 252 valence electrons. The zero-order valence-electron chi connectivity index (χ0n) is 27.4. The number of pyridine rings is 2. The normalized spacial score (nSPS) is 17.5. The van der Waals surface area contributed by atoms with E-state index < -0.39 is 0 Å². The summed E-state index contributed by atoms with van der Waals surface area (Å²) in [5.41, 5.74) is 6.50. The van der Waals surface area contributed by atoms with E-state index in [2.05, 4.69) is 100 Å². The van der Waals surface area contributed by atoms with E-state index in [9.17, 15) is 0 Å². The van der Waals surface area contributed by atoms with E-state index in [-0.39, 0.29) is 30.5 Å². The summed E-state index contributed by atoms with van der Waals surface area (Å²) in [4.78, 5) is 9.06. The summed E-state index contributed by atoms with van der Waals surface area (Å²) in [7, 11) is 0. The Hall–Kier alpha value is -4.37. The molecule has 0 aliphatic carbocycles. The van der Waals surface area contributed by atoms with E-state index in [1.807, 2.05) is 42.7 Å². The molecule has 7 rings (SSSR count). The van der Waals surface area contributed by atoms with Gasteiger partial charge in [0.2, 0.25) is 0 Å². The molecule has 0 radical (unpaired) electrons. The maximum Gasteiger partial charge on any atom is 0.119 e. The molecule has 1 aliphatic rings. The van der Waals surface area contributed by atoms with E-state index >= 15 is 0 Å². The van der Waals surface area contributed by atoms with Crippen molar-refractivity contribution in [3.8, 4) is 5.75 Å². The summed E-state index contributed by atoms with van der Waals surface area (Å²) in [5, 5.41) is 5.82. The van der Waals surface area contributed by atoms with Crippen LogP contribution < -0.4 is 10.1 Å². The molecule has 6 aromatic rings. The van der Waals surface area contributed by atoms with Crippen molar-refractivity contribution in [2.24, 2.45) is 0 Å². The Labute approximate surface area is 294 Å². The first-order valence-electron chi connectivity index (χ1n) is 16.7. The van der Waals surface area contributed by atoms with Crippen molar-refractivity contribution >= 4 is 34.2 Å². The fraction of sp³-hybridized carbons (Fsp3) is 0.268. The van der Waals surface area contributed by atoms with Gasteiger partial charge in [0.1, 0.15) is 5.75 Å². The van der Waals surface area contributed by atoms with Crippen molar-refractivity contribution in [3.63, 3.8) is 0 Å². The molecule has 7 nitrogen and oxygen atoms in total. The SMILES string of the molecule is Cl.c1ccc(COCCCOc2ccc([C@H]3[C@@H](OCc4ccc5cccnc5c4)CNC[C@H]3OCc3ccc4cccnc4c3)cc2)cc1. The first-order valence-corrected chi connectivity index (χ1v) is 16.7. The molecule has 0 amide bonds. The van der Waals surface area contributed by atoms with E-state index in [4.69, 9.17) is 18.9 Å². The van der Waals surface area contributed by atoms with Crippen LogP contribution in [0.3, 0.4) is 0 Å². The van der Waals surface area contributed by atoms with E-state index in [0.29, 0.717) is 33.0 Å². The smallest absolute Gasteiger partial charge is 0.119 e. The molecule has 4 aromatic carbocycles. The molecule has 2 aromatic heterocycles. The van der Waals surface area contributed by atoms with Gasteiger partial charge in [-0.15, -0.1) is 12.4 Å². The zero-order chi connectivity index (χ0) is 32.4. The molecule has 1 aliphatic heterocycles. The van der Waals surface area contributed by atoms with Gasteiger partial charge >= 0.3 is 0 Å². The van der Waals surface area contributed by atoms with Crippen LogP contribution in [0.5, 0.6) is 5.75 Å². The van der Waals surface area contributed by atoms with Gasteiger partial charge in [-0.1, -0.05) is 78.9 Å². The molecule has 0 spiro atoms. The van der Waals surface area contributed by atoms with E-state index in [1.54, 1.807) is 0 Å². The minimum atomic E-state index is -0.0880. The van der Waals surface area contributed by atoms with Crippen molar-refractivity contribution in [2.45, 2.75) is 44.4 Å². The van der Waals surface area contributed by atoms with E-state index in [1.165, 1.54) is 11.1 Å². The van der Waals surface area contributed by atoms with Gasteiger partial charge in [0.05, 0.1) is 56.3 Å². The standard InChI is InChI=1S/C41H41N3O4.ClH/c1-2-7-30(8-3-1)27-45-21-6-22-46-36-17-15-35(16-18-36)41-39(47-28-31-11-13-33-9-4-19-43-37(33)23-31)25-42-26-40(41)48-29-32-12-14-34-10-5-20-44-38(34)24-32;/h1-5,7-20,23-24,39-42H,6,21-22,25-29H2;1H/t39-,40+,41-;. The number of piperidine rings is 1. The van der Waals surface area contributed by atoms with Crippen molar-refractivity contribution < 1.29 is 18.9 Å². The molecule has 8 heteroatoms. The number of nitrogens with zero attached hydrogens (tertiary/aromatic N) is 2. The highest BCUT2D eigenvalue weighted by Crippen LogP contribution is 2.33. The summed E-state index contributed by atoms with van der Waals surface area (Å²) in [6, 6.07) is 39.4. The Bertz CT molecular complexity index is 1820. The quantitative estimate of drug-likeness (QED) is 0.117. The fourth-order valence-electron chi connectivity index (χ4n) is 6.33. The maximum atomic E-state index is 6.66. The Morgan fingerprint density at radius 2 is 1.20 bits per heavy atom. The number of rotatable bonds is 14. The lowest BCUT2D eigenvalue weighted by Crippen LogP contribution is -2.50. The zero-order valence-corrected chi connectivity index (χ0v) is 28.3. The minimum absolute atomic E-state index is 0. The Balaban J connectivity index is 0.00000417. The van der Waals surface area contributed by atoms with Gasteiger partial charge in [0.25, 0.3) is 0 Å². The van der Waals surface area contributed by atoms with Crippen molar-refractivity contribution in [1.29, 1.82) is 0 Å². The molecule has 1 saturated heterocycles. The third-order valence-electron chi connectivity index (χ3n) is 8.84. The first-order chi connectivity index (χ1) is 23.8. The first kappa shape index (κ1) is 34.5. The van der Waals surface area contributed by atoms with Crippen LogP contribution in [0.2, 0.25) is 0 Å². The molecule has 0 unspecified atom stereocenters. The molecule has 0 bridgehead atoms. The van der Waals surface area contributed by atoms with Crippen molar-refractivity contribution in [2.75, 3.05) is 26.3 Å². The second-order valence-corrected chi connectivity index (χ2v) is 12.3. The van der Waals surface area contributed by atoms with Gasteiger partial charge in [-0.2, -0.15) is 0 Å². The van der Waals surface area contributed by atoms with Gasteiger partial charge in [0, 0.05) is 48.6 Å². The number of hydrogen-bond donors (Lipinski definition) is 1. The average molecular weight is 676 g/mol. The summed E-state index contributed by atoms with van der Waals surface area (Å²) in [5.74, 6) is 0.877. The van der Waals surface area contributed by atoms with Gasteiger partial charge < -0.3 is 24.3 Å². The summed E-state index contributed by atoms with van der Waals surface area (Å²) >= 11 is 0. The average Bonchev–Trinajstić information content (AvgIpc) is 3.15. The largest absolute Gasteiger partial charge is 0.494 e. The fourth-order valence-corrected chi connectivity index (χ4v) is 6.33. The number of halogens is 1. The topological polar surface area (TPSA) is 74.7 Å². The number of nitrogens with one attached hydrogen (secondary N) is 1. The molecule has 1 N–H and O–H groups in total. The van der Waals surface area contributed by atoms with Crippen LogP contribution in [0.25, 0.3) is 21.8 Å². The molecule has 3 atom stereocenters. The highest BCUT2D eigenvalue weighted by molar-refractivity contribution is 5.85. The lowest BCUT2D eigenvalue weighted by Gasteiger charge is -2.39. The molecule has 3 heterocycles. The van der Waals surface area contributed by atoms with Crippen molar-refractivity contribution in [1.82, 2.24) is 15.3 Å². The highest BCUT2D eigenvalue weighted by Gasteiger charge is 2.36. The summed E-state index contributed by atoms with van der Waals surface area (Å²) in [6.07, 6.45) is 4.30. The molecule has 0 saturated carbocycles. The monoisotopic (exact) mass is 675 g/mol. The third kappa shape index (κ3) is 9.21. The predicted molar refractivity (Wildman–Crippen MR) is 196 cm³/mol. The van der Waals surface area contributed by atoms with Crippen LogP contribution in [0, 0.1) is 0 Å². The van der Waals surface area contributed by atoms with Crippen LogP contribution in [-0.4, -0.2) is 48.5 Å². The second-order valence-electron chi connectivity index (χ2n) is 12.3. The number of benzene rings is 4. The van der Waals surface area contributed by atoms with Gasteiger partial charge in [0.15, 0.2) is 0 Å². The van der Waals surface area contributed by atoms with Crippen LogP contribution in [0.1, 0.15) is 34.6 Å². The third-order valence-corrected chi connectivity index (χ3v) is 8.84. The highest BCUT2D eigenvalue weighted by atomic mass is 35.5.